The van der Waals surface area contributed by atoms with Crippen LogP contribution in [-0.2, 0) is 0 Å². The Morgan fingerprint density at radius 3 is 2.73 bits per heavy atom. The number of anilines is 1. The standard InChI is InChI=1S/C19H12ClFN4O/c20-13-10-12-2-1-8-22-18(12)17(11-13)23-19(26)16-7-9-25(24-16)15-5-3-14(21)4-6-15/h1-11H,(H,23,26). The molecule has 0 aliphatic heterocycles. The zero-order chi connectivity index (χ0) is 18.1. The maximum absolute atomic E-state index is 13.0. The predicted octanol–water partition coefficient (Wildman–Crippen LogP) is 4.47. The first-order chi connectivity index (χ1) is 12.6. The van der Waals surface area contributed by atoms with Gasteiger partial charge in [0.1, 0.15) is 5.82 Å². The molecule has 0 spiro atoms. The molecule has 26 heavy (non-hydrogen) atoms. The lowest BCUT2D eigenvalue weighted by molar-refractivity contribution is 0.102. The number of hydrogen-bond acceptors (Lipinski definition) is 3. The maximum Gasteiger partial charge on any atom is 0.276 e. The van der Waals surface area contributed by atoms with Crippen LogP contribution in [0.25, 0.3) is 16.6 Å². The minimum Gasteiger partial charge on any atom is -0.319 e. The molecule has 0 atom stereocenters. The summed E-state index contributed by atoms with van der Waals surface area (Å²) < 4.78 is 14.5. The van der Waals surface area contributed by atoms with Gasteiger partial charge in [-0.25, -0.2) is 9.07 Å². The Bertz CT molecular complexity index is 1110. The van der Waals surface area contributed by atoms with Crippen LogP contribution in [0.15, 0.2) is 67.0 Å². The van der Waals surface area contributed by atoms with Crippen LogP contribution in [0, 0.1) is 5.82 Å². The van der Waals surface area contributed by atoms with E-state index in [1.54, 1.807) is 48.8 Å². The maximum atomic E-state index is 13.0. The molecule has 0 aliphatic rings. The number of carbonyl (C=O) groups is 1. The number of hydrogen-bond donors (Lipinski definition) is 1. The minimum atomic E-state index is -0.389. The van der Waals surface area contributed by atoms with Crippen LogP contribution in [0.2, 0.25) is 5.02 Å². The van der Waals surface area contributed by atoms with E-state index in [9.17, 15) is 9.18 Å². The van der Waals surface area contributed by atoms with Gasteiger partial charge in [-0.1, -0.05) is 17.7 Å². The molecular weight excluding hydrogens is 355 g/mol. The summed E-state index contributed by atoms with van der Waals surface area (Å²) in [7, 11) is 0. The first-order valence-electron chi connectivity index (χ1n) is 7.77. The number of rotatable bonds is 3. The van der Waals surface area contributed by atoms with Crippen LogP contribution < -0.4 is 5.32 Å². The van der Waals surface area contributed by atoms with Crippen LogP contribution >= 0.6 is 11.6 Å². The van der Waals surface area contributed by atoms with Crippen LogP contribution in [0.3, 0.4) is 0 Å². The quantitative estimate of drug-likeness (QED) is 0.582. The van der Waals surface area contributed by atoms with Crippen LogP contribution in [0.1, 0.15) is 10.5 Å². The number of amides is 1. The summed E-state index contributed by atoms with van der Waals surface area (Å²) in [6.07, 6.45) is 3.28. The third-order valence-corrected chi connectivity index (χ3v) is 4.05. The molecule has 1 amide bonds. The number of nitrogens with one attached hydrogen (secondary N) is 1. The predicted molar refractivity (Wildman–Crippen MR) is 98.2 cm³/mol. The van der Waals surface area contributed by atoms with E-state index in [1.807, 2.05) is 6.07 Å². The van der Waals surface area contributed by atoms with Crippen LogP contribution in [0.4, 0.5) is 10.1 Å². The second-order valence-corrected chi connectivity index (χ2v) is 6.04. The lowest BCUT2D eigenvalue weighted by Gasteiger charge is -2.08. The second kappa shape index (κ2) is 6.57. The van der Waals surface area contributed by atoms with E-state index in [0.717, 1.165) is 5.39 Å². The summed E-state index contributed by atoms with van der Waals surface area (Å²) in [5.74, 6) is -0.723. The zero-order valence-electron chi connectivity index (χ0n) is 13.4. The van der Waals surface area contributed by atoms with Gasteiger partial charge in [0.2, 0.25) is 0 Å². The highest BCUT2D eigenvalue weighted by atomic mass is 35.5. The molecule has 2 aromatic heterocycles. The van der Waals surface area contributed by atoms with E-state index in [2.05, 4.69) is 15.4 Å². The van der Waals surface area contributed by atoms with Crippen molar-refractivity contribution in [2.24, 2.45) is 0 Å². The van der Waals surface area contributed by atoms with Crippen molar-refractivity contribution >= 4 is 34.1 Å². The summed E-state index contributed by atoms with van der Waals surface area (Å²) >= 11 is 6.12. The molecule has 4 rings (SSSR count). The Hall–Kier alpha value is -3.25. The smallest absolute Gasteiger partial charge is 0.276 e. The summed E-state index contributed by atoms with van der Waals surface area (Å²) in [4.78, 5) is 16.8. The monoisotopic (exact) mass is 366 g/mol. The summed E-state index contributed by atoms with van der Waals surface area (Å²) in [6, 6.07) is 14.5. The van der Waals surface area contributed by atoms with E-state index < -0.39 is 0 Å². The third-order valence-electron chi connectivity index (χ3n) is 3.83. The molecule has 4 aromatic rings. The lowest BCUT2D eigenvalue weighted by Crippen LogP contribution is -2.13. The number of benzene rings is 2. The molecule has 2 heterocycles. The van der Waals surface area contributed by atoms with Gasteiger partial charge in [0.15, 0.2) is 5.69 Å². The molecular formula is C19H12ClFN4O. The van der Waals surface area contributed by atoms with Gasteiger partial charge in [0.05, 0.1) is 16.9 Å². The third kappa shape index (κ3) is 3.14. The fraction of sp³-hybridized carbons (Fsp3) is 0. The Morgan fingerprint density at radius 2 is 1.92 bits per heavy atom. The highest BCUT2D eigenvalue weighted by Crippen LogP contribution is 2.26. The van der Waals surface area contributed by atoms with Crippen molar-refractivity contribution in [1.29, 1.82) is 0 Å². The van der Waals surface area contributed by atoms with Gasteiger partial charge in [-0.2, -0.15) is 5.10 Å². The van der Waals surface area contributed by atoms with Gasteiger partial charge < -0.3 is 5.32 Å². The molecule has 0 fully saturated rings. The zero-order valence-corrected chi connectivity index (χ0v) is 14.1. The molecule has 128 valence electrons. The van der Waals surface area contributed by atoms with Gasteiger partial charge in [-0.15, -0.1) is 0 Å². The van der Waals surface area contributed by atoms with Gasteiger partial charge >= 0.3 is 0 Å². The minimum absolute atomic E-state index is 0.221. The lowest BCUT2D eigenvalue weighted by atomic mass is 10.2. The topological polar surface area (TPSA) is 59.8 Å². The molecule has 0 unspecified atom stereocenters. The summed E-state index contributed by atoms with van der Waals surface area (Å²) in [5.41, 5.74) is 2.02. The summed E-state index contributed by atoms with van der Waals surface area (Å²) in [6.45, 7) is 0. The summed E-state index contributed by atoms with van der Waals surface area (Å²) in [5, 5.41) is 8.36. The van der Waals surface area contributed by atoms with Crippen molar-refractivity contribution in [1.82, 2.24) is 14.8 Å². The van der Waals surface area contributed by atoms with Gasteiger partial charge in [-0.3, -0.25) is 9.78 Å². The molecule has 0 bridgehead atoms. The number of pyridine rings is 1. The van der Waals surface area contributed by atoms with E-state index in [0.29, 0.717) is 21.9 Å². The van der Waals surface area contributed by atoms with Crippen molar-refractivity contribution in [3.63, 3.8) is 0 Å². The fourth-order valence-electron chi connectivity index (χ4n) is 2.62. The number of carbonyl (C=O) groups excluding carboxylic acids is 1. The normalized spacial score (nSPS) is 10.8. The Labute approximate surface area is 153 Å². The Kier molecular flexibility index (Phi) is 4.10. The fourth-order valence-corrected chi connectivity index (χ4v) is 2.85. The largest absolute Gasteiger partial charge is 0.319 e. The van der Waals surface area contributed by atoms with Crippen molar-refractivity contribution in [3.05, 3.63) is 83.5 Å². The molecule has 7 heteroatoms. The molecule has 0 radical (unpaired) electrons. The van der Waals surface area contributed by atoms with E-state index >= 15 is 0 Å². The van der Waals surface area contributed by atoms with Crippen molar-refractivity contribution in [2.45, 2.75) is 0 Å². The second-order valence-electron chi connectivity index (χ2n) is 5.60. The van der Waals surface area contributed by atoms with Crippen LogP contribution in [0.5, 0.6) is 0 Å². The molecule has 2 aromatic carbocycles. The number of fused-ring (bicyclic) bond motifs is 1. The highest BCUT2D eigenvalue weighted by Gasteiger charge is 2.13. The molecule has 5 nitrogen and oxygen atoms in total. The first kappa shape index (κ1) is 16.2. The Balaban J connectivity index is 1.63. The molecule has 1 N–H and O–H groups in total. The van der Waals surface area contributed by atoms with Crippen molar-refractivity contribution in [2.75, 3.05) is 5.32 Å². The average Bonchev–Trinajstić information content (AvgIpc) is 3.12. The van der Waals surface area contributed by atoms with Crippen molar-refractivity contribution in [3.8, 4) is 5.69 Å². The van der Waals surface area contributed by atoms with E-state index in [-0.39, 0.29) is 17.4 Å². The molecule has 0 saturated carbocycles. The highest BCUT2D eigenvalue weighted by molar-refractivity contribution is 6.32. The number of nitrogens with zero attached hydrogens (tertiary/aromatic N) is 3. The SMILES string of the molecule is O=C(Nc1cc(Cl)cc2cccnc12)c1ccn(-c2ccc(F)cc2)n1. The average molecular weight is 367 g/mol. The van der Waals surface area contributed by atoms with Gasteiger partial charge in [0, 0.05) is 22.8 Å². The number of aromatic nitrogens is 3. The Morgan fingerprint density at radius 1 is 1.12 bits per heavy atom. The first-order valence-corrected chi connectivity index (χ1v) is 8.15. The van der Waals surface area contributed by atoms with E-state index in [1.165, 1.54) is 16.8 Å². The van der Waals surface area contributed by atoms with Crippen molar-refractivity contribution < 1.29 is 9.18 Å². The van der Waals surface area contributed by atoms with Gasteiger partial charge in [0.25, 0.3) is 5.91 Å². The number of halogens is 2. The molecule has 0 aliphatic carbocycles. The van der Waals surface area contributed by atoms with Crippen LogP contribution in [-0.4, -0.2) is 20.7 Å². The molecule has 0 saturated heterocycles. The van der Waals surface area contributed by atoms with E-state index in [4.69, 9.17) is 11.6 Å². The van der Waals surface area contributed by atoms with Gasteiger partial charge in [-0.05, 0) is 48.5 Å².